The van der Waals surface area contributed by atoms with Crippen molar-refractivity contribution in [2.45, 2.75) is 153 Å². The van der Waals surface area contributed by atoms with Crippen LogP contribution < -0.4 is 21.0 Å². The molecule has 278 valence electrons. The van der Waals surface area contributed by atoms with Crippen molar-refractivity contribution in [3.05, 3.63) is 82.9 Å². The lowest BCUT2D eigenvalue weighted by Crippen LogP contribution is -2.57. The summed E-state index contributed by atoms with van der Waals surface area (Å²) in [6.45, 7) is 20.6. The molecule has 0 aliphatic heterocycles. The van der Waals surface area contributed by atoms with Gasteiger partial charge in [0.1, 0.15) is 0 Å². The van der Waals surface area contributed by atoms with Gasteiger partial charge in [-0.05, 0) is 184 Å². The van der Waals surface area contributed by atoms with Crippen LogP contribution in [0.1, 0.15) is 99.3 Å². The molecule has 11 rings (SSSR count). The molecular formula is C48H68P2Si2. The average molecular weight is 763 g/mol. The predicted molar refractivity (Wildman–Crippen MR) is 237 cm³/mol. The van der Waals surface area contributed by atoms with Crippen LogP contribution in [0.15, 0.2) is 60.7 Å². The van der Waals surface area contributed by atoms with Gasteiger partial charge in [-0.3, -0.25) is 0 Å². The SMILES string of the molecule is Cc1ccccc1P(Cc1cc([Si](C)(C)C)c([Si](C)(C)C)cc1CP(C12CC3CC(CC(C3)C1)C2)C12CC3CC(CC(C3)C1)C2)c1ccccc1C. The number of hydrogen-bond acceptors (Lipinski definition) is 0. The Balaban J connectivity index is 1.22. The number of benzene rings is 3. The summed E-state index contributed by atoms with van der Waals surface area (Å²) in [4.78, 5) is 0. The maximum atomic E-state index is 2.95. The second-order valence-corrected chi connectivity index (χ2v) is 37.0. The number of hydrogen-bond donors (Lipinski definition) is 0. The highest BCUT2D eigenvalue weighted by Gasteiger charge is 2.62. The minimum atomic E-state index is -1.58. The lowest BCUT2D eigenvalue weighted by atomic mass is 9.55. The summed E-state index contributed by atoms with van der Waals surface area (Å²) in [7, 11) is -3.77. The van der Waals surface area contributed by atoms with Crippen LogP contribution in [-0.4, -0.2) is 26.5 Å². The Labute approximate surface area is 322 Å². The smallest absolute Gasteiger partial charge is 0.0774 e. The van der Waals surface area contributed by atoms with Gasteiger partial charge < -0.3 is 0 Å². The molecule has 52 heavy (non-hydrogen) atoms. The van der Waals surface area contributed by atoms with E-state index in [0.717, 1.165) is 35.5 Å². The van der Waals surface area contributed by atoms with Crippen LogP contribution in [-0.2, 0) is 12.3 Å². The van der Waals surface area contributed by atoms with E-state index in [0.29, 0.717) is 10.3 Å². The molecule has 3 aromatic carbocycles. The zero-order chi connectivity index (χ0) is 36.2. The van der Waals surface area contributed by atoms with Crippen LogP contribution in [0.4, 0.5) is 0 Å². The molecule has 8 saturated carbocycles. The van der Waals surface area contributed by atoms with Crippen LogP contribution in [0.25, 0.3) is 0 Å². The van der Waals surface area contributed by atoms with Gasteiger partial charge in [0, 0.05) is 6.16 Å². The molecule has 4 heteroatoms. The van der Waals surface area contributed by atoms with Gasteiger partial charge in [-0.25, -0.2) is 0 Å². The molecule has 0 N–H and O–H groups in total. The molecule has 0 atom stereocenters. The molecule has 0 amide bonds. The first kappa shape index (κ1) is 36.6. The first-order chi connectivity index (χ1) is 24.7. The van der Waals surface area contributed by atoms with E-state index in [-0.39, 0.29) is 7.92 Å². The minimum absolute atomic E-state index is 0.0993. The summed E-state index contributed by atoms with van der Waals surface area (Å²) >= 11 is 0. The van der Waals surface area contributed by atoms with Gasteiger partial charge in [0.2, 0.25) is 0 Å². The Bertz CT molecular complexity index is 1670. The quantitative estimate of drug-likeness (QED) is 0.143. The van der Waals surface area contributed by atoms with Crippen LogP contribution >= 0.6 is 15.8 Å². The highest BCUT2D eigenvalue weighted by molar-refractivity contribution is 7.72. The third kappa shape index (κ3) is 6.56. The molecule has 0 saturated heterocycles. The maximum Gasteiger partial charge on any atom is 0.0774 e. The Morgan fingerprint density at radius 1 is 0.500 bits per heavy atom. The zero-order valence-corrected chi connectivity index (χ0v) is 37.8. The van der Waals surface area contributed by atoms with Gasteiger partial charge in [0.15, 0.2) is 0 Å². The highest BCUT2D eigenvalue weighted by atomic mass is 31.1. The molecule has 0 aromatic heterocycles. The first-order valence-electron chi connectivity index (χ1n) is 21.5. The van der Waals surface area contributed by atoms with E-state index in [2.05, 4.69) is 114 Å². The van der Waals surface area contributed by atoms with Crippen molar-refractivity contribution in [3.8, 4) is 0 Å². The zero-order valence-electron chi connectivity index (χ0n) is 34.0. The molecule has 0 nitrogen and oxygen atoms in total. The molecule has 0 radical (unpaired) electrons. The number of rotatable bonds is 10. The molecule has 0 heterocycles. The summed E-state index contributed by atoms with van der Waals surface area (Å²) in [6, 6.07) is 24.7. The maximum absolute atomic E-state index is 2.95. The first-order valence-corrected chi connectivity index (χ1v) is 31.6. The van der Waals surface area contributed by atoms with Crippen molar-refractivity contribution in [1.29, 1.82) is 0 Å². The van der Waals surface area contributed by atoms with Crippen molar-refractivity contribution in [2.75, 3.05) is 0 Å². The van der Waals surface area contributed by atoms with Crippen LogP contribution in [0.5, 0.6) is 0 Å². The lowest BCUT2D eigenvalue weighted by molar-refractivity contribution is 0.0184. The predicted octanol–water partition coefficient (Wildman–Crippen LogP) is 11.9. The fraction of sp³-hybridized carbons (Fsp3) is 0.625. The minimum Gasteiger partial charge on any atom is -0.0894 e. The molecule has 3 aromatic rings. The topological polar surface area (TPSA) is 0 Å². The number of aryl methyl sites for hydroxylation is 2. The average Bonchev–Trinajstić information content (AvgIpc) is 3.05. The molecule has 8 fully saturated rings. The summed E-state index contributed by atoms with van der Waals surface area (Å²) in [5.74, 6) is 6.29. The Kier molecular flexibility index (Phi) is 9.34. The molecule has 0 unspecified atom stereocenters. The monoisotopic (exact) mass is 762 g/mol. The van der Waals surface area contributed by atoms with Crippen molar-refractivity contribution >= 4 is 53.0 Å². The van der Waals surface area contributed by atoms with Gasteiger partial charge in [0.25, 0.3) is 0 Å². The summed E-state index contributed by atoms with van der Waals surface area (Å²) in [6.07, 6.45) is 21.8. The van der Waals surface area contributed by atoms with Gasteiger partial charge in [-0.15, -0.1) is 0 Å². The van der Waals surface area contributed by atoms with Gasteiger partial charge >= 0.3 is 0 Å². The van der Waals surface area contributed by atoms with E-state index in [1.54, 1.807) is 98.4 Å². The fourth-order valence-corrected chi connectivity index (χ4v) is 27.4. The van der Waals surface area contributed by atoms with Crippen molar-refractivity contribution in [3.63, 3.8) is 0 Å². The lowest BCUT2D eigenvalue weighted by Gasteiger charge is -2.67. The largest absolute Gasteiger partial charge is 0.0894 e. The molecule has 8 aliphatic rings. The van der Waals surface area contributed by atoms with E-state index in [1.165, 1.54) is 23.5 Å². The van der Waals surface area contributed by atoms with Gasteiger partial charge in [-0.2, -0.15) is 0 Å². The molecule has 8 aliphatic carbocycles. The Hall–Kier alpha value is -1.05. The molecule has 8 bridgehead atoms. The van der Waals surface area contributed by atoms with Crippen LogP contribution in [0.2, 0.25) is 39.3 Å². The standard InChI is InChI=1S/C48H68P2Si2/c1-33-13-9-11-15-43(33)49(44-16-12-10-14-34(44)2)31-41-23-45(51(3,4)5)46(52(6,7)8)24-42(41)32-50(47-25-35-17-36(26-47)19-37(18-35)27-47)48-28-38-20-39(29-48)22-40(21-38)30-48/h9-16,23-24,35-40H,17-22,25-32H2,1-8H3. The van der Waals surface area contributed by atoms with Crippen LogP contribution in [0.3, 0.4) is 0 Å². The Morgan fingerprint density at radius 2 is 0.827 bits per heavy atom. The van der Waals surface area contributed by atoms with E-state index >= 15 is 0 Å². The fourth-order valence-electron chi connectivity index (χ4n) is 14.2. The van der Waals surface area contributed by atoms with Gasteiger partial charge in [0.05, 0.1) is 16.1 Å². The summed E-state index contributed by atoms with van der Waals surface area (Å²) in [5, 5.41) is 8.16. The normalized spacial score (nSPS) is 34.0. The van der Waals surface area contributed by atoms with Gasteiger partial charge in [-0.1, -0.05) is 118 Å². The molecular weight excluding hydrogens is 695 g/mol. The molecule has 0 spiro atoms. The van der Waals surface area contributed by atoms with Crippen molar-refractivity contribution in [2.24, 2.45) is 35.5 Å². The van der Waals surface area contributed by atoms with Crippen LogP contribution in [0, 0.1) is 49.4 Å². The Morgan fingerprint density at radius 3 is 1.15 bits per heavy atom. The second-order valence-electron chi connectivity index (χ2n) is 21.7. The third-order valence-corrected chi connectivity index (χ3v) is 26.8. The second kappa shape index (κ2) is 13.3. The summed E-state index contributed by atoms with van der Waals surface area (Å²) < 4.78 is 0. The van der Waals surface area contributed by atoms with E-state index in [1.807, 2.05) is 10.8 Å². The van der Waals surface area contributed by atoms with E-state index < -0.39 is 24.1 Å². The van der Waals surface area contributed by atoms with Crippen molar-refractivity contribution in [1.82, 2.24) is 0 Å². The van der Waals surface area contributed by atoms with E-state index in [9.17, 15) is 0 Å². The van der Waals surface area contributed by atoms with E-state index in [4.69, 9.17) is 0 Å². The van der Waals surface area contributed by atoms with Crippen molar-refractivity contribution < 1.29 is 0 Å². The third-order valence-electron chi connectivity index (χ3n) is 15.6. The highest BCUT2D eigenvalue weighted by Crippen LogP contribution is 2.79. The summed E-state index contributed by atoms with van der Waals surface area (Å²) in [5.41, 5.74) is 6.56.